The Balaban J connectivity index is 2.05. The molecule has 0 saturated carbocycles. The van der Waals surface area contributed by atoms with Crippen molar-refractivity contribution < 1.29 is 9.84 Å². The summed E-state index contributed by atoms with van der Waals surface area (Å²) in [6, 6.07) is 2.20. The Kier molecular flexibility index (Phi) is 5.35. The quantitative estimate of drug-likeness (QED) is 0.745. The van der Waals surface area contributed by atoms with Crippen LogP contribution in [0.5, 0.6) is 5.88 Å². The summed E-state index contributed by atoms with van der Waals surface area (Å²) in [5.74, 6) is 1.20. The number of hydrogen-bond donors (Lipinski definition) is 2. The van der Waals surface area contributed by atoms with Crippen molar-refractivity contribution in [2.24, 2.45) is 0 Å². The molecule has 2 heterocycles. The molecule has 2 N–H and O–H groups in total. The number of hydrogen-bond acceptors (Lipinski definition) is 6. The lowest BCUT2D eigenvalue weighted by atomic mass is 10.2. The Hall–Kier alpha value is -1.40. The summed E-state index contributed by atoms with van der Waals surface area (Å²) in [5, 5.41) is 12.6. The second kappa shape index (κ2) is 7.25. The molecule has 0 bridgehead atoms. The Morgan fingerprint density at radius 1 is 1.58 bits per heavy atom. The van der Waals surface area contributed by atoms with E-state index >= 15 is 0 Å². The molecular formula is C13H22N4O2. The predicted molar refractivity (Wildman–Crippen MR) is 73.5 cm³/mol. The standard InChI is InChI=1S/C13H22N4O2/c1-2-19-12-5-7-15-13(16-12)17(8-9-18)10-11-4-3-6-14-11/h5,7,11,14,18H,2-4,6,8-10H2,1H3. The van der Waals surface area contributed by atoms with Crippen molar-refractivity contribution in [1.29, 1.82) is 0 Å². The second-order valence-electron chi connectivity index (χ2n) is 4.59. The lowest BCUT2D eigenvalue weighted by Crippen LogP contribution is -2.40. The summed E-state index contributed by atoms with van der Waals surface area (Å²) < 4.78 is 5.39. The van der Waals surface area contributed by atoms with Crippen molar-refractivity contribution >= 4 is 5.95 Å². The van der Waals surface area contributed by atoms with Crippen molar-refractivity contribution in [3.63, 3.8) is 0 Å². The van der Waals surface area contributed by atoms with Gasteiger partial charge in [-0.05, 0) is 26.3 Å². The molecular weight excluding hydrogens is 244 g/mol. The maximum absolute atomic E-state index is 9.20. The van der Waals surface area contributed by atoms with Crippen molar-refractivity contribution in [3.05, 3.63) is 12.3 Å². The van der Waals surface area contributed by atoms with Crippen molar-refractivity contribution in [1.82, 2.24) is 15.3 Å². The van der Waals surface area contributed by atoms with E-state index in [1.165, 1.54) is 6.42 Å². The fourth-order valence-electron chi connectivity index (χ4n) is 2.29. The fourth-order valence-corrected chi connectivity index (χ4v) is 2.29. The average Bonchev–Trinajstić information content (AvgIpc) is 2.92. The molecule has 6 nitrogen and oxygen atoms in total. The van der Waals surface area contributed by atoms with Crippen LogP contribution >= 0.6 is 0 Å². The predicted octanol–water partition coefficient (Wildman–Crippen LogP) is 0.426. The number of anilines is 1. The zero-order valence-electron chi connectivity index (χ0n) is 11.4. The topological polar surface area (TPSA) is 70.5 Å². The molecule has 1 unspecified atom stereocenters. The first kappa shape index (κ1) is 14.0. The Bertz CT molecular complexity index is 383. The molecule has 0 amide bonds. The lowest BCUT2D eigenvalue weighted by molar-refractivity contribution is 0.298. The number of rotatable bonds is 7. The molecule has 0 spiro atoms. The van der Waals surface area contributed by atoms with Crippen LogP contribution in [0.4, 0.5) is 5.95 Å². The summed E-state index contributed by atoms with van der Waals surface area (Å²) in [4.78, 5) is 10.7. The molecule has 0 aliphatic carbocycles. The van der Waals surface area contributed by atoms with E-state index in [4.69, 9.17) is 4.74 Å². The molecule has 0 radical (unpaired) electrons. The highest BCUT2D eigenvalue weighted by atomic mass is 16.5. The third-order valence-corrected chi connectivity index (χ3v) is 3.17. The third kappa shape index (κ3) is 4.04. The van der Waals surface area contributed by atoms with Crippen LogP contribution in [-0.2, 0) is 0 Å². The first-order chi connectivity index (χ1) is 9.33. The van der Waals surface area contributed by atoms with Crippen molar-refractivity contribution in [2.45, 2.75) is 25.8 Å². The van der Waals surface area contributed by atoms with Gasteiger partial charge in [-0.2, -0.15) is 4.98 Å². The van der Waals surface area contributed by atoms with Crippen LogP contribution in [0.2, 0.25) is 0 Å². The number of aliphatic hydroxyl groups is 1. The zero-order valence-corrected chi connectivity index (χ0v) is 11.4. The molecule has 1 fully saturated rings. The summed E-state index contributed by atoms with van der Waals surface area (Å²) in [7, 11) is 0. The SMILES string of the molecule is CCOc1ccnc(N(CCO)CC2CCCN2)n1. The van der Waals surface area contributed by atoms with E-state index in [1.807, 2.05) is 11.8 Å². The third-order valence-electron chi connectivity index (χ3n) is 3.17. The number of nitrogens with one attached hydrogen (secondary N) is 1. The van der Waals surface area contributed by atoms with Gasteiger partial charge in [0.1, 0.15) is 0 Å². The smallest absolute Gasteiger partial charge is 0.228 e. The minimum Gasteiger partial charge on any atom is -0.478 e. The van der Waals surface area contributed by atoms with Crippen LogP contribution in [0.15, 0.2) is 12.3 Å². The number of ether oxygens (including phenoxy) is 1. The van der Waals surface area contributed by atoms with Crippen LogP contribution < -0.4 is 15.0 Å². The van der Waals surface area contributed by atoms with Gasteiger partial charge in [0.25, 0.3) is 0 Å². The molecule has 1 aromatic heterocycles. The van der Waals surface area contributed by atoms with Crippen LogP contribution in [0.3, 0.4) is 0 Å². The normalized spacial score (nSPS) is 18.5. The summed E-state index contributed by atoms with van der Waals surface area (Å²) >= 11 is 0. The van der Waals surface area contributed by atoms with Gasteiger partial charge < -0.3 is 20.1 Å². The monoisotopic (exact) mass is 266 g/mol. The van der Waals surface area contributed by atoms with E-state index in [-0.39, 0.29) is 6.61 Å². The van der Waals surface area contributed by atoms with Gasteiger partial charge in [0, 0.05) is 31.4 Å². The van der Waals surface area contributed by atoms with E-state index in [2.05, 4.69) is 15.3 Å². The van der Waals surface area contributed by atoms with Gasteiger partial charge in [0.15, 0.2) is 0 Å². The molecule has 6 heteroatoms. The van der Waals surface area contributed by atoms with Gasteiger partial charge >= 0.3 is 0 Å². The molecule has 1 aliphatic rings. The van der Waals surface area contributed by atoms with E-state index in [1.54, 1.807) is 12.3 Å². The van der Waals surface area contributed by atoms with Crippen LogP contribution in [0.25, 0.3) is 0 Å². The second-order valence-corrected chi connectivity index (χ2v) is 4.59. The Morgan fingerprint density at radius 2 is 2.47 bits per heavy atom. The Morgan fingerprint density at radius 3 is 3.16 bits per heavy atom. The van der Waals surface area contributed by atoms with Gasteiger partial charge in [-0.3, -0.25) is 0 Å². The van der Waals surface area contributed by atoms with Crippen LogP contribution in [-0.4, -0.2) is 54.0 Å². The minimum atomic E-state index is 0.0922. The number of aliphatic hydroxyl groups excluding tert-OH is 1. The molecule has 19 heavy (non-hydrogen) atoms. The number of aromatic nitrogens is 2. The molecule has 1 saturated heterocycles. The highest BCUT2D eigenvalue weighted by Crippen LogP contribution is 2.15. The maximum Gasteiger partial charge on any atom is 0.228 e. The van der Waals surface area contributed by atoms with Gasteiger partial charge in [0.2, 0.25) is 11.8 Å². The molecule has 1 atom stereocenters. The lowest BCUT2D eigenvalue weighted by Gasteiger charge is -2.25. The summed E-state index contributed by atoms with van der Waals surface area (Å²) in [6.07, 6.45) is 4.06. The highest BCUT2D eigenvalue weighted by molar-refractivity contribution is 5.32. The van der Waals surface area contributed by atoms with Crippen LogP contribution in [0, 0.1) is 0 Å². The average molecular weight is 266 g/mol. The van der Waals surface area contributed by atoms with Crippen molar-refractivity contribution in [3.8, 4) is 5.88 Å². The van der Waals surface area contributed by atoms with E-state index in [0.29, 0.717) is 31.0 Å². The minimum absolute atomic E-state index is 0.0922. The molecule has 1 aromatic rings. The van der Waals surface area contributed by atoms with Crippen molar-refractivity contribution in [2.75, 3.05) is 37.7 Å². The molecule has 1 aliphatic heterocycles. The number of nitrogens with zero attached hydrogens (tertiary/aromatic N) is 3. The van der Waals surface area contributed by atoms with E-state index in [9.17, 15) is 5.11 Å². The maximum atomic E-state index is 9.20. The van der Waals surface area contributed by atoms with Gasteiger partial charge in [-0.1, -0.05) is 0 Å². The first-order valence-corrected chi connectivity index (χ1v) is 6.88. The fraction of sp³-hybridized carbons (Fsp3) is 0.692. The highest BCUT2D eigenvalue weighted by Gasteiger charge is 2.19. The van der Waals surface area contributed by atoms with Gasteiger partial charge in [0.05, 0.1) is 13.2 Å². The van der Waals surface area contributed by atoms with E-state index < -0.39 is 0 Å². The zero-order chi connectivity index (χ0) is 13.5. The first-order valence-electron chi connectivity index (χ1n) is 6.88. The molecule has 2 rings (SSSR count). The van der Waals surface area contributed by atoms with Gasteiger partial charge in [-0.25, -0.2) is 4.98 Å². The van der Waals surface area contributed by atoms with Crippen LogP contribution in [0.1, 0.15) is 19.8 Å². The van der Waals surface area contributed by atoms with E-state index in [0.717, 1.165) is 19.5 Å². The summed E-state index contributed by atoms with van der Waals surface area (Å²) in [5.41, 5.74) is 0. The summed E-state index contributed by atoms with van der Waals surface area (Å²) in [6.45, 7) is 5.02. The Labute approximate surface area is 113 Å². The molecule has 106 valence electrons. The largest absolute Gasteiger partial charge is 0.478 e. The molecule has 0 aromatic carbocycles. The van der Waals surface area contributed by atoms with Gasteiger partial charge in [-0.15, -0.1) is 0 Å².